The van der Waals surface area contributed by atoms with Crippen LogP contribution in [0.2, 0.25) is 0 Å². The Bertz CT molecular complexity index is 658. The number of carbonyl (C=O) groups excluding carboxylic acids is 2. The summed E-state index contributed by atoms with van der Waals surface area (Å²) in [5, 5.41) is 10.4. The number of primary sulfonamides is 1. The van der Waals surface area contributed by atoms with E-state index in [0.29, 0.717) is 17.9 Å². The molecule has 1 aromatic rings. The van der Waals surface area contributed by atoms with Crippen molar-refractivity contribution in [2.75, 3.05) is 11.5 Å². The van der Waals surface area contributed by atoms with Gasteiger partial charge in [0.15, 0.2) is 0 Å². The Morgan fingerprint density at radius 2 is 2.05 bits per heavy atom. The van der Waals surface area contributed by atoms with Crippen molar-refractivity contribution in [3.63, 3.8) is 0 Å². The van der Waals surface area contributed by atoms with Gasteiger partial charge in [0.05, 0.1) is 4.90 Å². The smallest absolute Gasteiger partial charge is 0.243 e. The van der Waals surface area contributed by atoms with Crippen molar-refractivity contribution < 1.29 is 18.0 Å². The first-order chi connectivity index (χ1) is 10.4. The summed E-state index contributed by atoms with van der Waals surface area (Å²) in [5.41, 5.74) is 0.744. The van der Waals surface area contributed by atoms with Gasteiger partial charge in [-0.2, -0.15) is 11.8 Å². The highest BCUT2D eigenvalue weighted by Crippen LogP contribution is 2.11. The van der Waals surface area contributed by atoms with E-state index in [0.717, 1.165) is 5.56 Å². The largest absolute Gasteiger partial charge is 0.350 e. The minimum atomic E-state index is -3.72. The first kappa shape index (κ1) is 16.8. The number of benzene rings is 1. The normalized spacial score (nSPS) is 19.1. The van der Waals surface area contributed by atoms with E-state index in [4.69, 9.17) is 5.14 Å². The molecule has 1 aliphatic rings. The number of carbonyl (C=O) groups is 2. The zero-order chi connectivity index (χ0) is 16.2. The minimum absolute atomic E-state index is 0.0232. The Morgan fingerprint density at radius 3 is 2.68 bits per heavy atom. The summed E-state index contributed by atoms with van der Waals surface area (Å²) in [6.45, 7) is 0.251. The minimum Gasteiger partial charge on any atom is -0.350 e. The fourth-order valence-electron chi connectivity index (χ4n) is 1.92. The number of nitrogens with two attached hydrogens (primary N) is 1. The van der Waals surface area contributed by atoms with Crippen molar-refractivity contribution >= 4 is 33.6 Å². The van der Waals surface area contributed by atoms with Gasteiger partial charge in [-0.15, -0.1) is 0 Å². The lowest BCUT2D eigenvalue weighted by atomic mass is 10.2. The molecule has 1 aliphatic heterocycles. The Kier molecular flexibility index (Phi) is 5.43. The lowest BCUT2D eigenvalue weighted by molar-refractivity contribution is -0.128. The van der Waals surface area contributed by atoms with Gasteiger partial charge in [-0.3, -0.25) is 9.59 Å². The van der Waals surface area contributed by atoms with Crippen molar-refractivity contribution in [1.82, 2.24) is 10.6 Å². The molecule has 1 heterocycles. The van der Waals surface area contributed by atoms with Gasteiger partial charge in [0.2, 0.25) is 21.8 Å². The molecule has 22 heavy (non-hydrogen) atoms. The molecular formula is C13H17N3O4S2. The highest BCUT2D eigenvalue weighted by atomic mass is 32.2. The van der Waals surface area contributed by atoms with Crippen LogP contribution in [-0.4, -0.2) is 37.8 Å². The topological polar surface area (TPSA) is 118 Å². The summed E-state index contributed by atoms with van der Waals surface area (Å²) in [5.74, 6) is 0.882. The summed E-state index contributed by atoms with van der Waals surface area (Å²) >= 11 is 1.56. The SMILES string of the molecule is NS(=O)(=O)c1ccc(CNC(=O)[C@H]2CSCCC(=O)N2)cc1. The van der Waals surface area contributed by atoms with Gasteiger partial charge in [-0.25, -0.2) is 13.6 Å². The number of nitrogens with one attached hydrogen (secondary N) is 2. The Hall–Kier alpha value is -1.58. The van der Waals surface area contributed by atoms with Crippen LogP contribution in [0.15, 0.2) is 29.2 Å². The van der Waals surface area contributed by atoms with Crippen molar-refractivity contribution in [2.45, 2.75) is 23.9 Å². The predicted molar refractivity (Wildman–Crippen MR) is 83.5 cm³/mol. The first-order valence-corrected chi connectivity index (χ1v) is 9.33. The lowest BCUT2D eigenvalue weighted by Gasteiger charge is -2.15. The lowest BCUT2D eigenvalue weighted by Crippen LogP contribution is -2.47. The monoisotopic (exact) mass is 343 g/mol. The van der Waals surface area contributed by atoms with Crippen LogP contribution in [0, 0.1) is 0 Å². The molecule has 120 valence electrons. The van der Waals surface area contributed by atoms with Gasteiger partial charge in [-0.1, -0.05) is 12.1 Å². The van der Waals surface area contributed by atoms with E-state index in [1.54, 1.807) is 23.9 Å². The van der Waals surface area contributed by atoms with Gasteiger partial charge in [0, 0.05) is 24.5 Å². The molecule has 1 fully saturated rings. The molecular weight excluding hydrogens is 326 g/mol. The summed E-state index contributed by atoms with van der Waals surface area (Å²) in [7, 11) is -3.72. The van der Waals surface area contributed by atoms with Crippen LogP contribution in [0.1, 0.15) is 12.0 Å². The molecule has 0 spiro atoms. The fourth-order valence-corrected chi connectivity index (χ4v) is 3.41. The highest BCUT2D eigenvalue weighted by Gasteiger charge is 2.23. The zero-order valence-electron chi connectivity index (χ0n) is 11.7. The third kappa shape index (κ3) is 4.72. The molecule has 7 nitrogen and oxygen atoms in total. The molecule has 4 N–H and O–H groups in total. The average molecular weight is 343 g/mol. The molecule has 0 aliphatic carbocycles. The molecule has 0 saturated carbocycles. The van der Waals surface area contributed by atoms with E-state index >= 15 is 0 Å². The Balaban J connectivity index is 1.92. The molecule has 0 radical (unpaired) electrons. The summed E-state index contributed by atoms with van der Waals surface area (Å²) in [6.07, 6.45) is 0.420. The van der Waals surface area contributed by atoms with E-state index in [1.165, 1.54) is 12.1 Å². The van der Waals surface area contributed by atoms with Crippen LogP contribution in [0.3, 0.4) is 0 Å². The Labute approximate surface area is 133 Å². The van der Waals surface area contributed by atoms with Crippen LogP contribution < -0.4 is 15.8 Å². The Morgan fingerprint density at radius 1 is 1.36 bits per heavy atom. The van der Waals surface area contributed by atoms with Crippen LogP contribution >= 0.6 is 11.8 Å². The number of amides is 2. The molecule has 1 saturated heterocycles. The van der Waals surface area contributed by atoms with Crippen LogP contribution in [-0.2, 0) is 26.2 Å². The number of hydrogen-bond acceptors (Lipinski definition) is 5. The summed E-state index contributed by atoms with van der Waals surface area (Å²) < 4.78 is 22.3. The van der Waals surface area contributed by atoms with Crippen molar-refractivity contribution in [1.29, 1.82) is 0 Å². The summed E-state index contributed by atoms with van der Waals surface area (Å²) in [6, 6.07) is 5.41. The van der Waals surface area contributed by atoms with E-state index in [2.05, 4.69) is 10.6 Å². The van der Waals surface area contributed by atoms with E-state index in [1.807, 2.05) is 0 Å². The zero-order valence-corrected chi connectivity index (χ0v) is 13.4. The van der Waals surface area contributed by atoms with Gasteiger partial charge in [-0.05, 0) is 17.7 Å². The van der Waals surface area contributed by atoms with Crippen LogP contribution in [0.4, 0.5) is 0 Å². The second-order valence-electron chi connectivity index (χ2n) is 4.85. The van der Waals surface area contributed by atoms with Gasteiger partial charge >= 0.3 is 0 Å². The molecule has 2 rings (SSSR count). The maximum absolute atomic E-state index is 12.0. The number of thioether (sulfide) groups is 1. The average Bonchev–Trinajstić information content (AvgIpc) is 2.69. The molecule has 0 aromatic heterocycles. The molecule has 0 bridgehead atoms. The van der Waals surface area contributed by atoms with Crippen LogP contribution in [0.25, 0.3) is 0 Å². The van der Waals surface area contributed by atoms with Crippen molar-refractivity contribution in [3.8, 4) is 0 Å². The molecule has 2 amide bonds. The quantitative estimate of drug-likeness (QED) is 0.686. The van der Waals surface area contributed by atoms with E-state index in [-0.39, 0.29) is 23.3 Å². The predicted octanol–water partition coefficient (Wildman–Crippen LogP) is -0.428. The second-order valence-corrected chi connectivity index (χ2v) is 7.56. The molecule has 0 unspecified atom stereocenters. The number of sulfonamides is 1. The second kappa shape index (κ2) is 7.12. The molecule has 1 atom stereocenters. The number of hydrogen-bond donors (Lipinski definition) is 3. The number of rotatable bonds is 4. The van der Waals surface area contributed by atoms with Gasteiger partial charge in [0.1, 0.15) is 6.04 Å². The maximum Gasteiger partial charge on any atom is 0.243 e. The fraction of sp³-hybridized carbons (Fsp3) is 0.385. The van der Waals surface area contributed by atoms with Crippen molar-refractivity contribution in [3.05, 3.63) is 29.8 Å². The van der Waals surface area contributed by atoms with Crippen LogP contribution in [0.5, 0.6) is 0 Å². The summed E-state index contributed by atoms with van der Waals surface area (Å²) in [4.78, 5) is 23.5. The third-order valence-corrected chi connectivity index (χ3v) is 5.12. The third-order valence-electron chi connectivity index (χ3n) is 3.13. The maximum atomic E-state index is 12.0. The first-order valence-electron chi connectivity index (χ1n) is 6.63. The molecule has 1 aromatic carbocycles. The van der Waals surface area contributed by atoms with Crippen molar-refractivity contribution in [2.24, 2.45) is 5.14 Å². The van der Waals surface area contributed by atoms with E-state index in [9.17, 15) is 18.0 Å². The standard InChI is InChI=1S/C13H17N3O4S2/c14-22(19,20)10-3-1-9(2-4-10)7-15-13(18)11-8-21-6-5-12(17)16-11/h1-4,11H,5-8H2,(H,15,18)(H,16,17)(H2,14,19,20)/t11-/m1/s1. The molecule has 9 heteroatoms. The highest BCUT2D eigenvalue weighted by molar-refractivity contribution is 7.99. The van der Waals surface area contributed by atoms with E-state index < -0.39 is 16.1 Å². The van der Waals surface area contributed by atoms with Gasteiger partial charge < -0.3 is 10.6 Å². The van der Waals surface area contributed by atoms with Gasteiger partial charge in [0.25, 0.3) is 0 Å².